The van der Waals surface area contributed by atoms with E-state index in [-0.39, 0.29) is 17.3 Å². The van der Waals surface area contributed by atoms with Gasteiger partial charge in [-0.2, -0.15) is 13.2 Å². The van der Waals surface area contributed by atoms with E-state index in [1.807, 2.05) is 65.6 Å². The lowest BCUT2D eigenvalue weighted by Crippen LogP contribution is -2.32. The molecule has 3 aromatic carbocycles. The second kappa shape index (κ2) is 9.78. The predicted molar refractivity (Wildman–Crippen MR) is 112 cm³/mol. The lowest BCUT2D eigenvalue weighted by Gasteiger charge is -2.22. The Hall–Kier alpha value is -2.83. The van der Waals surface area contributed by atoms with E-state index in [1.54, 1.807) is 0 Å². The fraction of sp³-hybridized carbons (Fsp3) is 0.174. The average Bonchev–Trinajstić information content (AvgIpc) is 2.70. The minimum Gasteiger partial charge on any atom is -0.324 e. The molecule has 3 nitrogen and oxygen atoms in total. The van der Waals surface area contributed by atoms with Crippen LogP contribution < -0.4 is 5.32 Å². The Labute approximate surface area is 178 Å². The topological polar surface area (TPSA) is 32.3 Å². The summed E-state index contributed by atoms with van der Waals surface area (Å²) in [7, 11) is 0. The zero-order chi connectivity index (χ0) is 21.6. The van der Waals surface area contributed by atoms with Crippen molar-refractivity contribution in [2.24, 2.45) is 0 Å². The molecule has 30 heavy (non-hydrogen) atoms. The fourth-order valence-corrected chi connectivity index (χ4v) is 3.21. The van der Waals surface area contributed by atoms with Gasteiger partial charge in [0.25, 0.3) is 0 Å². The maximum absolute atomic E-state index is 13.0. The Morgan fingerprint density at radius 1 is 0.867 bits per heavy atom. The molecule has 0 saturated heterocycles. The normalized spacial score (nSPS) is 11.5. The number of carbonyl (C=O) groups excluding carboxylic acids is 1. The highest BCUT2D eigenvalue weighted by Crippen LogP contribution is 2.33. The molecule has 3 aromatic rings. The molecule has 0 aliphatic carbocycles. The molecular formula is C23H20ClF3N2O. The van der Waals surface area contributed by atoms with E-state index in [1.165, 1.54) is 0 Å². The van der Waals surface area contributed by atoms with Gasteiger partial charge in [0.1, 0.15) is 0 Å². The van der Waals surface area contributed by atoms with Crippen molar-refractivity contribution in [1.29, 1.82) is 0 Å². The maximum Gasteiger partial charge on any atom is 0.416 e. The minimum atomic E-state index is -4.52. The van der Waals surface area contributed by atoms with Crippen LogP contribution in [0.5, 0.6) is 0 Å². The third kappa shape index (κ3) is 6.34. The van der Waals surface area contributed by atoms with Crippen LogP contribution in [0.25, 0.3) is 0 Å². The highest BCUT2D eigenvalue weighted by Gasteiger charge is 2.31. The molecule has 0 unspecified atom stereocenters. The molecule has 0 fully saturated rings. The molecule has 1 amide bonds. The number of hydrogen-bond acceptors (Lipinski definition) is 2. The Kier molecular flexibility index (Phi) is 7.13. The summed E-state index contributed by atoms with van der Waals surface area (Å²) in [5.41, 5.74) is 1.13. The van der Waals surface area contributed by atoms with Crippen LogP contribution in [0.4, 0.5) is 18.9 Å². The van der Waals surface area contributed by atoms with Crippen molar-refractivity contribution < 1.29 is 18.0 Å². The molecule has 156 valence electrons. The van der Waals surface area contributed by atoms with Crippen LogP contribution in [0.15, 0.2) is 78.9 Å². The predicted octanol–water partition coefficient (Wildman–Crippen LogP) is 6.00. The Morgan fingerprint density at radius 2 is 1.40 bits per heavy atom. The van der Waals surface area contributed by atoms with Crippen LogP contribution in [0.1, 0.15) is 16.7 Å². The van der Waals surface area contributed by atoms with E-state index >= 15 is 0 Å². The van der Waals surface area contributed by atoms with Gasteiger partial charge in [-0.15, -0.1) is 0 Å². The number of halogens is 4. The van der Waals surface area contributed by atoms with E-state index < -0.39 is 17.6 Å². The van der Waals surface area contributed by atoms with Gasteiger partial charge in [-0.25, -0.2) is 0 Å². The highest BCUT2D eigenvalue weighted by molar-refractivity contribution is 6.33. The molecule has 0 aliphatic rings. The number of alkyl halides is 3. The van der Waals surface area contributed by atoms with Crippen LogP contribution in [0, 0.1) is 0 Å². The summed E-state index contributed by atoms with van der Waals surface area (Å²) >= 11 is 5.99. The van der Waals surface area contributed by atoms with Gasteiger partial charge in [-0.05, 0) is 29.3 Å². The van der Waals surface area contributed by atoms with Crippen LogP contribution in [-0.4, -0.2) is 17.4 Å². The maximum atomic E-state index is 13.0. The number of nitrogens with one attached hydrogen (secondary N) is 1. The number of carbonyl (C=O) groups is 1. The Morgan fingerprint density at radius 3 is 1.90 bits per heavy atom. The summed E-state index contributed by atoms with van der Waals surface area (Å²) in [6.45, 7) is 1.02. The molecule has 0 bridgehead atoms. The summed E-state index contributed by atoms with van der Waals surface area (Å²) < 4.78 is 38.9. The second-order valence-corrected chi connectivity index (χ2v) is 7.26. The van der Waals surface area contributed by atoms with Gasteiger partial charge in [0.2, 0.25) is 5.91 Å². The number of benzene rings is 3. The van der Waals surface area contributed by atoms with Gasteiger partial charge in [0.05, 0.1) is 22.8 Å². The molecule has 0 spiro atoms. The monoisotopic (exact) mass is 432 g/mol. The molecule has 0 saturated carbocycles. The first kappa shape index (κ1) is 21.9. The molecular weight excluding hydrogens is 413 g/mol. The second-order valence-electron chi connectivity index (χ2n) is 6.86. The molecule has 7 heteroatoms. The van der Waals surface area contributed by atoms with Crippen LogP contribution >= 0.6 is 11.6 Å². The van der Waals surface area contributed by atoms with Crippen molar-refractivity contribution in [3.8, 4) is 0 Å². The number of anilines is 1. The van der Waals surface area contributed by atoms with E-state index in [2.05, 4.69) is 5.32 Å². The first-order valence-electron chi connectivity index (χ1n) is 9.28. The van der Waals surface area contributed by atoms with Crippen LogP contribution in [0.3, 0.4) is 0 Å². The average molecular weight is 433 g/mol. The lowest BCUT2D eigenvalue weighted by atomic mass is 10.1. The molecule has 0 heterocycles. The third-order valence-corrected chi connectivity index (χ3v) is 4.76. The quantitative estimate of drug-likeness (QED) is 0.496. The summed E-state index contributed by atoms with van der Waals surface area (Å²) in [6.07, 6.45) is -4.52. The van der Waals surface area contributed by atoms with Gasteiger partial charge in [-0.1, -0.05) is 72.3 Å². The standard InChI is InChI=1S/C23H20ClF3N2O/c24-20-12-11-19(23(25,26)27)13-21(20)28-22(30)16-29(14-17-7-3-1-4-8-17)15-18-9-5-2-6-10-18/h1-13H,14-16H2,(H,28,30). The molecule has 0 aliphatic heterocycles. The van der Waals surface area contributed by atoms with Crippen molar-refractivity contribution >= 4 is 23.2 Å². The first-order valence-corrected chi connectivity index (χ1v) is 9.66. The number of amides is 1. The smallest absolute Gasteiger partial charge is 0.324 e. The zero-order valence-corrected chi connectivity index (χ0v) is 16.8. The van der Waals surface area contributed by atoms with Crippen LogP contribution in [0.2, 0.25) is 5.02 Å². The molecule has 0 aromatic heterocycles. The van der Waals surface area contributed by atoms with Crippen molar-refractivity contribution in [2.75, 3.05) is 11.9 Å². The van der Waals surface area contributed by atoms with E-state index in [0.29, 0.717) is 13.1 Å². The van der Waals surface area contributed by atoms with E-state index in [4.69, 9.17) is 11.6 Å². The largest absolute Gasteiger partial charge is 0.416 e. The number of rotatable bonds is 7. The first-order chi connectivity index (χ1) is 14.3. The highest BCUT2D eigenvalue weighted by atomic mass is 35.5. The lowest BCUT2D eigenvalue weighted by molar-refractivity contribution is -0.137. The fourth-order valence-electron chi connectivity index (χ4n) is 3.04. The Bertz CT molecular complexity index is 937. The summed E-state index contributed by atoms with van der Waals surface area (Å²) in [6, 6.07) is 22.2. The van der Waals surface area contributed by atoms with Gasteiger partial charge >= 0.3 is 6.18 Å². The molecule has 0 atom stereocenters. The SMILES string of the molecule is O=C(CN(Cc1ccccc1)Cc1ccccc1)Nc1cc(C(F)(F)F)ccc1Cl. The molecule has 3 rings (SSSR count). The van der Waals surface area contributed by atoms with Crippen LogP contribution in [-0.2, 0) is 24.1 Å². The number of nitrogens with zero attached hydrogens (tertiary/aromatic N) is 1. The summed E-state index contributed by atoms with van der Waals surface area (Å²) in [5.74, 6) is -0.442. The van der Waals surface area contributed by atoms with Crippen molar-refractivity contribution in [2.45, 2.75) is 19.3 Å². The number of hydrogen-bond donors (Lipinski definition) is 1. The molecule has 0 radical (unpaired) electrons. The van der Waals surface area contributed by atoms with Gasteiger partial charge in [0.15, 0.2) is 0 Å². The van der Waals surface area contributed by atoms with Crippen molar-refractivity contribution in [1.82, 2.24) is 4.90 Å². The van der Waals surface area contributed by atoms with Crippen molar-refractivity contribution in [3.63, 3.8) is 0 Å². The molecule has 1 N–H and O–H groups in total. The van der Waals surface area contributed by atoms with E-state index in [0.717, 1.165) is 29.3 Å². The van der Waals surface area contributed by atoms with E-state index in [9.17, 15) is 18.0 Å². The van der Waals surface area contributed by atoms with Gasteiger partial charge in [-0.3, -0.25) is 9.69 Å². The summed E-state index contributed by atoms with van der Waals surface area (Å²) in [4.78, 5) is 14.5. The zero-order valence-electron chi connectivity index (χ0n) is 16.0. The van der Waals surface area contributed by atoms with Crippen molar-refractivity contribution in [3.05, 3.63) is 101 Å². The Balaban J connectivity index is 1.74. The van der Waals surface area contributed by atoms with Gasteiger partial charge < -0.3 is 5.32 Å². The van der Waals surface area contributed by atoms with Gasteiger partial charge in [0, 0.05) is 13.1 Å². The third-order valence-electron chi connectivity index (χ3n) is 4.43. The minimum absolute atomic E-state index is 0.00361. The summed E-state index contributed by atoms with van der Waals surface area (Å²) in [5, 5.41) is 2.56.